The van der Waals surface area contributed by atoms with Crippen LogP contribution in [0.4, 0.5) is 0 Å². The molecule has 0 spiro atoms. The van der Waals surface area contributed by atoms with E-state index in [2.05, 4.69) is 30.8 Å². The zero-order valence-electron chi connectivity index (χ0n) is 11.7. The molecule has 1 aromatic heterocycles. The van der Waals surface area contributed by atoms with Crippen molar-refractivity contribution in [2.75, 3.05) is 13.6 Å². The number of nitrogens with zero attached hydrogens (tertiary/aromatic N) is 2. The van der Waals surface area contributed by atoms with Crippen LogP contribution < -0.4 is 5.73 Å². The molecule has 1 heterocycles. The lowest BCUT2D eigenvalue weighted by Gasteiger charge is -2.35. The summed E-state index contributed by atoms with van der Waals surface area (Å²) in [6, 6.07) is 0.395. The fourth-order valence-electron chi connectivity index (χ4n) is 2.92. The van der Waals surface area contributed by atoms with Crippen LogP contribution in [-0.2, 0) is 6.54 Å². The Morgan fingerprint density at radius 1 is 1.50 bits per heavy atom. The summed E-state index contributed by atoms with van der Waals surface area (Å²) in [4.78, 5) is 8.10. The lowest BCUT2D eigenvalue weighted by Crippen LogP contribution is -2.41. The molecule has 1 aromatic rings. The number of nitrogens with two attached hydrogens (primary N) is 1. The monoisotopic (exact) mass is 267 g/mol. The van der Waals surface area contributed by atoms with Gasteiger partial charge in [0.1, 0.15) is 0 Å². The molecule has 0 radical (unpaired) electrons. The van der Waals surface area contributed by atoms with Crippen LogP contribution in [0.5, 0.6) is 0 Å². The van der Waals surface area contributed by atoms with Crippen LogP contribution in [0.15, 0.2) is 5.51 Å². The Hall–Kier alpha value is -0.450. The predicted molar refractivity (Wildman–Crippen MR) is 77.7 cm³/mol. The number of hydrogen-bond donors (Lipinski definition) is 1. The number of rotatable bonds is 4. The summed E-state index contributed by atoms with van der Waals surface area (Å²) in [5, 5.41) is 0. The second-order valence-electron chi connectivity index (χ2n) is 5.90. The molecule has 0 bridgehead atoms. The zero-order valence-corrected chi connectivity index (χ0v) is 12.5. The molecule has 3 atom stereocenters. The fraction of sp³-hybridized carbons (Fsp3) is 0.786. The molecule has 2 N–H and O–H groups in total. The van der Waals surface area contributed by atoms with E-state index in [0.717, 1.165) is 19.0 Å². The van der Waals surface area contributed by atoms with E-state index in [-0.39, 0.29) is 0 Å². The van der Waals surface area contributed by atoms with Crippen molar-refractivity contribution < 1.29 is 0 Å². The van der Waals surface area contributed by atoms with Crippen LogP contribution in [0, 0.1) is 18.8 Å². The maximum atomic E-state index is 6.26. The predicted octanol–water partition coefficient (Wildman–Crippen LogP) is 2.65. The molecule has 18 heavy (non-hydrogen) atoms. The molecule has 1 saturated carbocycles. The largest absolute Gasteiger partial charge is 0.327 e. The lowest BCUT2D eigenvalue weighted by molar-refractivity contribution is 0.178. The lowest BCUT2D eigenvalue weighted by atomic mass is 9.79. The van der Waals surface area contributed by atoms with Gasteiger partial charge in [0.25, 0.3) is 0 Å². The van der Waals surface area contributed by atoms with Gasteiger partial charge >= 0.3 is 0 Å². The molecule has 4 heteroatoms. The van der Waals surface area contributed by atoms with E-state index in [1.165, 1.54) is 29.8 Å². The van der Waals surface area contributed by atoms with Crippen LogP contribution >= 0.6 is 11.3 Å². The van der Waals surface area contributed by atoms with Crippen LogP contribution in [-0.4, -0.2) is 29.5 Å². The molecule has 1 fully saturated rings. The van der Waals surface area contributed by atoms with E-state index in [0.29, 0.717) is 12.0 Å². The average molecular weight is 267 g/mol. The van der Waals surface area contributed by atoms with Crippen molar-refractivity contribution >= 4 is 11.3 Å². The maximum absolute atomic E-state index is 6.26. The molecular formula is C14H25N3S. The van der Waals surface area contributed by atoms with Gasteiger partial charge in [-0.2, -0.15) is 0 Å². The molecule has 3 unspecified atom stereocenters. The third-order valence-corrected chi connectivity index (χ3v) is 5.03. The minimum atomic E-state index is 0.395. The topological polar surface area (TPSA) is 42.2 Å². The summed E-state index contributed by atoms with van der Waals surface area (Å²) in [5.41, 5.74) is 9.37. The maximum Gasteiger partial charge on any atom is 0.0798 e. The zero-order chi connectivity index (χ0) is 13.1. The molecule has 3 nitrogen and oxygen atoms in total. The van der Waals surface area contributed by atoms with Gasteiger partial charge in [-0.15, -0.1) is 11.3 Å². The highest BCUT2D eigenvalue weighted by Crippen LogP contribution is 2.28. The third-order valence-electron chi connectivity index (χ3n) is 4.11. The molecule has 1 aliphatic rings. The molecule has 0 saturated heterocycles. The van der Waals surface area contributed by atoms with E-state index in [4.69, 9.17) is 5.73 Å². The van der Waals surface area contributed by atoms with Crippen molar-refractivity contribution in [3.8, 4) is 0 Å². The minimum Gasteiger partial charge on any atom is -0.327 e. The van der Waals surface area contributed by atoms with Gasteiger partial charge in [0.15, 0.2) is 0 Å². The summed E-state index contributed by atoms with van der Waals surface area (Å²) in [6.07, 6.45) is 3.78. The Balaban J connectivity index is 1.86. The number of thiazole rings is 1. The van der Waals surface area contributed by atoms with E-state index in [1.807, 2.05) is 5.51 Å². The van der Waals surface area contributed by atoms with Crippen molar-refractivity contribution in [1.82, 2.24) is 9.88 Å². The number of hydrogen-bond acceptors (Lipinski definition) is 4. The van der Waals surface area contributed by atoms with Gasteiger partial charge in [0.05, 0.1) is 11.2 Å². The molecule has 102 valence electrons. The Morgan fingerprint density at radius 3 is 2.94 bits per heavy atom. The van der Waals surface area contributed by atoms with E-state index in [1.54, 1.807) is 11.3 Å². The third kappa shape index (κ3) is 3.53. The van der Waals surface area contributed by atoms with Crippen molar-refractivity contribution in [2.45, 2.75) is 45.7 Å². The average Bonchev–Trinajstić information content (AvgIpc) is 2.70. The van der Waals surface area contributed by atoms with Crippen molar-refractivity contribution in [1.29, 1.82) is 0 Å². The first-order valence-corrected chi connectivity index (χ1v) is 7.77. The van der Waals surface area contributed by atoms with Gasteiger partial charge in [-0.1, -0.05) is 6.92 Å². The van der Waals surface area contributed by atoms with Crippen LogP contribution in [0.25, 0.3) is 0 Å². The van der Waals surface area contributed by atoms with Gasteiger partial charge < -0.3 is 10.6 Å². The standard InChI is InChI=1S/C14H25N3S/c1-10-4-5-13(15)12(6-10)7-17(3)8-14-11(2)16-9-18-14/h9-10,12-13H,4-8,15H2,1-3H3. The molecule has 0 aliphatic heterocycles. The SMILES string of the molecule is Cc1ncsc1CN(C)CC1CC(C)CCC1N. The summed E-state index contributed by atoms with van der Waals surface area (Å²) < 4.78 is 0. The Kier molecular flexibility index (Phi) is 4.76. The normalized spacial score (nSPS) is 28.8. The summed E-state index contributed by atoms with van der Waals surface area (Å²) in [7, 11) is 2.20. The van der Waals surface area contributed by atoms with E-state index >= 15 is 0 Å². The van der Waals surface area contributed by atoms with Gasteiger partial charge in [0, 0.05) is 24.0 Å². The fourth-order valence-corrected chi connectivity index (χ4v) is 3.78. The van der Waals surface area contributed by atoms with E-state index in [9.17, 15) is 0 Å². The van der Waals surface area contributed by atoms with Crippen molar-refractivity contribution in [2.24, 2.45) is 17.6 Å². The first-order chi connectivity index (χ1) is 8.56. The van der Waals surface area contributed by atoms with Gasteiger partial charge in [-0.25, -0.2) is 4.98 Å². The molecular weight excluding hydrogens is 242 g/mol. The van der Waals surface area contributed by atoms with Crippen LogP contribution in [0.2, 0.25) is 0 Å². The first kappa shape index (κ1) is 14.0. The van der Waals surface area contributed by atoms with Crippen molar-refractivity contribution in [3.05, 3.63) is 16.1 Å². The summed E-state index contributed by atoms with van der Waals surface area (Å²) >= 11 is 1.76. The van der Waals surface area contributed by atoms with E-state index < -0.39 is 0 Å². The Labute approximate surface area is 114 Å². The highest BCUT2D eigenvalue weighted by molar-refractivity contribution is 7.09. The quantitative estimate of drug-likeness (QED) is 0.912. The molecule has 0 amide bonds. The van der Waals surface area contributed by atoms with Crippen LogP contribution in [0.3, 0.4) is 0 Å². The Bertz CT molecular complexity index is 377. The first-order valence-electron chi connectivity index (χ1n) is 6.89. The number of aromatic nitrogens is 1. The number of aryl methyl sites for hydroxylation is 1. The van der Waals surface area contributed by atoms with Gasteiger partial charge in [-0.05, 0) is 45.1 Å². The van der Waals surface area contributed by atoms with Crippen molar-refractivity contribution in [3.63, 3.8) is 0 Å². The van der Waals surface area contributed by atoms with Crippen LogP contribution in [0.1, 0.15) is 36.8 Å². The molecule has 2 rings (SSSR count). The molecule has 1 aliphatic carbocycles. The smallest absolute Gasteiger partial charge is 0.0798 e. The highest BCUT2D eigenvalue weighted by Gasteiger charge is 2.26. The summed E-state index contributed by atoms with van der Waals surface area (Å²) in [6.45, 7) is 6.57. The second kappa shape index (κ2) is 6.13. The van der Waals surface area contributed by atoms with Gasteiger partial charge in [0.2, 0.25) is 0 Å². The van der Waals surface area contributed by atoms with Gasteiger partial charge in [-0.3, -0.25) is 0 Å². The molecule has 0 aromatic carbocycles. The Morgan fingerprint density at radius 2 is 2.28 bits per heavy atom. The summed E-state index contributed by atoms with van der Waals surface area (Å²) in [5.74, 6) is 1.50. The highest BCUT2D eigenvalue weighted by atomic mass is 32.1. The minimum absolute atomic E-state index is 0.395. The second-order valence-corrected chi connectivity index (χ2v) is 6.84.